The molecule has 0 aromatic heterocycles. The van der Waals surface area contributed by atoms with E-state index >= 15 is 0 Å². The molecule has 0 radical (unpaired) electrons. The Kier molecular flexibility index (Phi) is 6.30. The van der Waals surface area contributed by atoms with Crippen LogP contribution >= 0.6 is 0 Å². The van der Waals surface area contributed by atoms with Crippen LogP contribution in [0.2, 0.25) is 0 Å². The van der Waals surface area contributed by atoms with Gasteiger partial charge in [0.2, 0.25) is 0 Å². The normalized spacial score (nSPS) is 18.8. The molecule has 0 rings (SSSR count). The standard InChI is InChI=1S/C14H28O4/c1-7-13(5,17-10-15)9-14(6,18-11-16)8-12(2,3)4/h10,16H,7-9,11H2,1-6H3. The van der Waals surface area contributed by atoms with Gasteiger partial charge in [-0.05, 0) is 32.1 Å². The first-order chi connectivity index (χ1) is 8.10. The van der Waals surface area contributed by atoms with Crippen LogP contribution in [0.1, 0.15) is 60.8 Å². The van der Waals surface area contributed by atoms with Crippen molar-refractivity contribution in [1.29, 1.82) is 0 Å². The van der Waals surface area contributed by atoms with Crippen LogP contribution in [-0.4, -0.2) is 29.6 Å². The summed E-state index contributed by atoms with van der Waals surface area (Å²) in [4.78, 5) is 10.6. The monoisotopic (exact) mass is 260 g/mol. The largest absolute Gasteiger partial charge is 0.461 e. The molecular weight excluding hydrogens is 232 g/mol. The van der Waals surface area contributed by atoms with Crippen LogP contribution in [0.5, 0.6) is 0 Å². The third kappa shape index (κ3) is 6.36. The number of carbonyl (C=O) groups excluding carboxylic acids is 1. The topological polar surface area (TPSA) is 55.8 Å². The van der Waals surface area contributed by atoms with E-state index in [2.05, 4.69) is 20.8 Å². The average molecular weight is 260 g/mol. The maximum atomic E-state index is 10.6. The van der Waals surface area contributed by atoms with Crippen molar-refractivity contribution in [3.63, 3.8) is 0 Å². The molecule has 0 fully saturated rings. The Labute approximate surface area is 111 Å². The lowest BCUT2D eigenvalue weighted by atomic mass is 9.77. The molecule has 2 atom stereocenters. The van der Waals surface area contributed by atoms with Gasteiger partial charge in [0.25, 0.3) is 6.47 Å². The zero-order chi connectivity index (χ0) is 14.4. The van der Waals surface area contributed by atoms with E-state index in [-0.39, 0.29) is 12.2 Å². The van der Waals surface area contributed by atoms with Gasteiger partial charge in [-0.25, -0.2) is 0 Å². The van der Waals surface area contributed by atoms with Gasteiger partial charge >= 0.3 is 0 Å². The molecule has 4 nitrogen and oxygen atoms in total. The van der Waals surface area contributed by atoms with E-state index in [1.54, 1.807) is 0 Å². The van der Waals surface area contributed by atoms with Gasteiger partial charge in [-0.3, -0.25) is 4.79 Å². The van der Waals surface area contributed by atoms with Gasteiger partial charge in [0.05, 0.1) is 5.60 Å². The summed E-state index contributed by atoms with van der Waals surface area (Å²) in [5, 5.41) is 9.07. The summed E-state index contributed by atoms with van der Waals surface area (Å²) in [5.41, 5.74) is -1.00. The highest BCUT2D eigenvalue weighted by molar-refractivity contribution is 5.38. The summed E-state index contributed by atoms with van der Waals surface area (Å²) in [6.07, 6.45) is 2.05. The number of carbonyl (C=O) groups is 1. The molecule has 4 heteroatoms. The summed E-state index contributed by atoms with van der Waals surface area (Å²) in [6, 6.07) is 0. The van der Waals surface area contributed by atoms with Gasteiger partial charge in [0.1, 0.15) is 12.4 Å². The van der Waals surface area contributed by atoms with Crippen molar-refractivity contribution in [3.8, 4) is 0 Å². The van der Waals surface area contributed by atoms with Crippen molar-refractivity contribution >= 4 is 6.47 Å². The van der Waals surface area contributed by atoms with Crippen molar-refractivity contribution in [2.75, 3.05) is 6.79 Å². The second-order valence-electron chi connectivity index (χ2n) is 6.66. The Morgan fingerprint density at radius 2 is 1.61 bits per heavy atom. The zero-order valence-electron chi connectivity index (χ0n) is 12.6. The minimum Gasteiger partial charge on any atom is -0.461 e. The van der Waals surface area contributed by atoms with Crippen molar-refractivity contribution < 1.29 is 19.4 Å². The smallest absolute Gasteiger partial charge is 0.293 e. The molecule has 0 saturated carbocycles. The van der Waals surface area contributed by atoms with Gasteiger partial charge < -0.3 is 14.6 Å². The van der Waals surface area contributed by atoms with E-state index in [4.69, 9.17) is 14.6 Å². The van der Waals surface area contributed by atoms with E-state index < -0.39 is 11.2 Å². The fraction of sp³-hybridized carbons (Fsp3) is 0.929. The number of hydrogen-bond acceptors (Lipinski definition) is 4. The van der Waals surface area contributed by atoms with Crippen molar-refractivity contribution in [2.45, 2.75) is 72.0 Å². The number of hydrogen-bond donors (Lipinski definition) is 1. The molecule has 0 aromatic carbocycles. The minimum absolute atomic E-state index is 0.0692. The molecule has 0 spiro atoms. The van der Waals surface area contributed by atoms with Crippen molar-refractivity contribution in [1.82, 2.24) is 0 Å². The van der Waals surface area contributed by atoms with E-state index in [0.717, 1.165) is 6.42 Å². The lowest BCUT2D eigenvalue weighted by Gasteiger charge is -2.40. The lowest BCUT2D eigenvalue weighted by molar-refractivity contribution is -0.168. The van der Waals surface area contributed by atoms with Gasteiger partial charge in [-0.15, -0.1) is 0 Å². The quantitative estimate of drug-likeness (QED) is 0.538. The lowest BCUT2D eigenvalue weighted by Crippen LogP contribution is -2.43. The SMILES string of the molecule is CCC(C)(CC(C)(CC(C)(C)C)OCO)OC=O. The third-order valence-electron chi connectivity index (χ3n) is 3.15. The molecular formula is C14H28O4. The molecule has 1 N–H and O–H groups in total. The molecule has 18 heavy (non-hydrogen) atoms. The highest BCUT2D eigenvalue weighted by Crippen LogP contribution is 2.37. The number of aliphatic hydroxyl groups is 1. The Morgan fingerprint density at radius 3 is 1.94 bits per heavy atom. The van der Waals surface area contributed by atoms with Gasteiger partial charge in [-0.2, -0.15) is 0 Å². The molecule has 0 aliphatic heterocycles. The Balaban J connectivity index is 4.93. The summed E-state index contributed by atoms with van der Waals surface area (Å²) >= 11 is 0. The first-order valence-electron chi connectivity index (χ1n) is 6.46. The van der Waals surface area contributed by atoms with Crippen molar-refractivity contribution in [2.24, 2.45) is 5.41 Å². The van der Waals surface area contributed by atoms with Gasteiger partial charge in [-0.1, -0.05) is 27.7 Å². The highest BCUT2D eigenvalue weighted by atomic mass is 16.6. The molecule has 0 aliphatic carbocycles. The summed E-state index contributed by atoms with van der Waals surface area (Å²) in [5.74, 6) is 0. The number of aliphatic hydroxyl groups excluding tert-OH is 1. The molecule has 0 amide bonds. The Bertz CT molecular complexity index is 259. The molecule has 0 heterocycles. The second kappa shape index (κ2) is 6.53. The summed E-state index contributed by atoms with van der Waals surface area (Å²) in [6.45, 7) is 12.3. The molecule has 0 bridgehead atoms. The summed E-state index contributed by atoms with van der Waals surface area (Å²) < 4.78 is 10.7. The Morgan fingerprint density at radius 1 is 1.06 bits per heavy atom. The maximum Gasteiger partial charge on any atom is 0.293 e. The van der Waals surface area contributed by atoms with Crippen molar-refractivity contribution in [3.05, 3.63) is 0 Å². The average Bonchev–Trinajstić information content (AvgIpc) is 2.14. The number of ether oxygens (including phenoxy) is 2. The van der Waals surface area contributed by atoms with E-state index in [9.17, 15) is 4.79 Å². The molecule has 2 unspecified atom stereocenters. The fourth-order valence-corrected chi connectivity index (χ4v) is 2.60. The van der Waals surface area contributed by atoms with Crippen LogP contribution in [-0.2, 0) is 14.3 Å². The molecule has 108 valence electrons. The predicted molar refractivity (Wildman–Crippen MR) is 71.1 cm³/mol. The fourth-order valence-electron chi connectivity index (χ4n) is 2.60. The van der Waals surface area contributed by atoms with Gasteiger partial charge in [0, 0.05) is 6.42 Å². The first-order valence-corrected chi connectivity index (χ1v) is 6.46. The highest BCUT2D eigenvalue weighted by Gasteiger charge is 2.39. The maximum absolute atomic E-state index is 10.6. The molecule has 0 aliphatic rings. The van der Waals surface area contributed by atoms with Crippen LogP contribution in [0.15, 0.2) is 0 Å². The third-order valence-corrected chi connectivity index (χ3v) is 3.15. The van der Waals surface area contributed by atoms with Crippen LogP contribution < -0.4 is 0 Å². The Hall–Kier alpha value is -0.610. The van der Waals surface area contributed by atoms with Crippen LogP contribution in [0, 0.1) is 5.41 Å². The van der Waals surface area contributed by atoms with Crippen LogP contribution in [0.3, 0.4) is 0 Å². The summed E-state index contributed by atoms with van der Waals surface area (Å²) in [7, 11) is 0. The molecule has 0 aromatic rings. The van der Waals surface area contributed by atoms with Gasteiger partial charge in [0.15, 0.2) is 0 Å². The molecule has 0 saturated heterocycles. The first kappa shape index (κ1) is 17.4. The minimum atomic E-state index is -0.559. The van der Waals surface area contributed by atoms with E-state index in [0.29, 0.717) is 19.3 Å². The second-order valence-corrected chi connectivity index (χ2v) is 6.66. The van der Waals surface area contributed by atoms with Crippen LogP contribution in [0.25, 0.3) is 0 Å². The zero-order valence-corrected chi connectivity index (χ0v) is 12.6. The number of rotatable bonds is 8. The predicted octanol–water partition coefficient (Wildman–Crippen LogP) is 2.88. The van der Waals surface area contributed by atoms with Crippen LogP contribution in [0.4, 0.5) is 0 Å². The van der Waals surface area contributed by atoms with E-state index in [1.807, 2.05) is 20.8 Å². The van der Waals surface area contributed by atoms with E-state index in [1.165, 1.54) is 0 Å².